The lowest BCUT2D eigenvalue weighted by Gasteiger charge is -2.25. The molecular formula is C95H158N7O19PS. The molecule has 2 fully saturated rings. The molecule has 3 unspecified atom stereocenters. The number of likely N-dealkylation sites (N-methyl/N-ethyl adjacent to an activating group) is 1. The molecule has 2 amide bonds. The predicted octanol–water partition coefficient (Wildman–Crippen LogP) is 22.1. The number of benzene rings is 1. The van der Waals surface area contributed by atoms with Gasteiger partial charge in [-0.3, -0.25) is 47.1 Å². The third kappa shape index (κ3) is 46.8. The standard InChI is InChI=1S/C95H158N7O19PS/c1-8-11-14-17-20-23-26-29-32-35-38-41-44-47-50-53-64-113-81-69-78(70-82(114-65-54-51-48-45-42-39-36-33-30-27-24-21-18-15-12-9-2)91(81)116-66-55-52-49-46-43-40-37-34-31-28-25-22-19-16-13-10-3)93(109)100(7)63-67-115-89(106)59-57-86(105)97-85-60-62-101(94(110)98-85)87-71-79(120-90(107)58-56-77(5)104)84(119-87)75-117-122(112,123-68-61-96-6)121-80-72-88(118-83(80)74-103)102-73-76(4)92(108)99-95(102)111/h60,62,69-70,73,79-80,83-84,87-88,103H,8-59,61,63-68,71-72,74-75H2,1-5,7H3,(H,99,108,111)(H,97,98,105,110)/t79?,80?,83-,84-,87-,88-,122?/m1/s1. The molecule has 0 spiro atoms. The Hall–Kier alpha value is -6.40. The minimum Gasteiger partial charge on any atom is -0.490 e. The number of anilines is 1. The summed E-state index contributed by atoms with van der Waals surface area (Å²) in [5, 5.41) is 12.8. The van der Waals surface area contributed by atoms with Crippen LogP contribution >= 0.6 is 18.2 Å². The molecule has 4 heterocycles. The van der Waals surface area contributed by atoms with Crippen molar-refractivity contribution >= 4 is 53.5 Å². The minimum atomic E-state index is -4.33. The highest BCUT2D eigenvalue weighted by atomic mass is 32.7. The van der Waals surface area contributed by atoms with E-state index in [1.807, 2.05) is 0 Å². The highest BCUT2D eigenvalue weighted by Crippen LogP contribution is 2.63. The third-order valence-electron chi connectivity index (χ3n) is 23.1. The number of aliphatic hydroxyl groups is 1. The summed E-state index contributed by atoms with van der Waals surface area (Å²) in [7, 11) is 1.64. The Labute approximate surface area is 740 Å². The molecule has 26 nitrogen and oxygen atoms in total. The number of rotatable bonds is 77. The van der Waals surface area contributed by atoms with Gasteiger partial charge >= 0.3 is 30.1 Å². The van der Waals surface area contributed by atoms with Gasteiger partial charge in [0.25, 0.3) is 11.5 Å². The number of unbranched alkanes of at least 4 members (excludes halogenated alkanes) is 45. The largest absolute Gasteiger partial charge is 0.490 e. The van der Waals surface area contributed by atoms with Crippen molar-refractivity contribution in [2.24, 2.45) is 0 Å². The number of aromatic amines is 1. The van der Waals surface area contributed by atoms with E-state index in [-0.39, 0.29) is 87.0 Å². The van der Waals surface area contributed by atoms with Gasteiger partial charge in [0, 0.05) is 56.3 Å². The van der Waals surface area contributed by atoms with Gasteiger partial charge in [0.2, 0.25) is 18.2 Å². The fraction of sp³-hybridized carbons (Fsp3) is 0.789. The Morgan fingerprint density at radius 2 is 1.02 bits per heavy atom. The zero-order valence-electron chi connectivity index (χ0n) is 76.3. The molecule has 2 aliphatic heterocycles. The van der Waals surface area contributed by atoms with Gasteiger partial charge in [0.05, 0.1) is 58.2 Å². The zero-order chi connectivity index (χ0) is 88.8. The lowest BCUT2D eigenvalue weighted by molar-refractivity contribution is -0.153. The number of aliphatic hydroxyl groups excluding tert-OH is 1. The van der Waals surface area contributed by atoms with Gasteiger partial charge in [-0.05, 0) is 62.7 Å². The summed E-state index contributed by atoms with van der Waals surface area (Å²) in [6.07, 6.45) is 55.3. The maximum Gasteiger partial charge on any atom is 0.389 e. The predicted molar refractivity (Wildman–Crippen MR) is 488 cm³/mol. The quantitative estimate of drug-likeness (QED) is 0.0205. The molecule has 2 saturated heterocycles. The van der Waals surface area contributed by atoms with Crippen molar-refractivity contribution in [2.45, 2.75) is 418 Å². The summed E-state index contributed by atoms with van der Waals surface area (Å²) in [6, 6.07) is 4.85. The van der Waals surface area contributed by atoms with Crippen molar-refractivity contribution in [1.29, 1.82) is 0 Å². The van der Waals surface area contributed by atoms with E-state index >= 15 is 0 Å². The van der Waals surface area contributed by atoms with Gasteiger partial charge in [-0.15, -0.1) is 0 Å². The SMILES string of the molecule is [C-]#[N+]CCSP(=O)(OC[C@H]1O[C@@H](n2ccc(NC(=O)CCC(=O)OCCN(C)C(=O)c3cc(OCCCCCCCCCCCCCCCCCC)c(OCCCCCCCCCCCCCCCCCC)c(OCCCCCCCCCCCCCCCCCC)c3)nc2=O)CC1OC(=O)CCC(C)=O)OC1C[C@H](n2cc(C)c(=O)[nH]c2=O)O[C@@H]1CO. The number of carbonyl (C=O) groups is 5. The Bertz CT molecular complexity index is 3620. The second-order valence-electron chi connectivity index (χ2n) is 34.0. The number of aromatic nitrogens is 4. The number of nitrogens with zero attached hydrogens (tertiary/aromatic N) is 5. The van der Waals surface area contributed by atoms with Crippen molar-refractivity contribution in [3.8, 4) is 17.2 Å². The number of Topliss-reactive ketones (excluding diaryl/α,β-unsaturated/α-hetero) is 1. The van der Waals surface area contributed by atoms with Crippen LogP contribution in [0.5, 0.6) is 17.2 Å². The first-order chi connectivity index (χ1) is 59.8. The number of carbonyl (C=O) groups excluding carboxylic acids is 5. The number of hydrogen-bond donors (Lipinski definition) is 3. The van der Waals surface area contributed by atoms with Crippen molar-refractivity contribution in [3.05, 3.63) is 84.5 Å². The number of hydrogen-bond acceptors (Lipinski definition) is 21. The number of amides is 2. The lowest BCUT2D eigenvalue weighted by atomic mass is 10.0. The summed E-state index contributed by atoms with van der Waals surface area (Å²) < 4.78 is 72.4. The van der Waals surface area contributed by atoms with E-state index in [1.165, 1.54) is 288 Å². The topological polar surface area (TPSA) is 315 Å². The van der Waals surface area contributed by atoms with Gasteiger partial charge in [-0.2, -0.15) is 4.98 Å². The van der Waals surface area contributed by atoms with Crippen LogP contribution in [0.1, 0.15) is 403 Å². The number of nitrogens with one attached hydrogen (secondary N) is 2. The van der Waals surface area contributed by atoms with Crippen molar-refractivity contribution in [2.75, 3.05) is 70.8 Å². The monoisotopic (exact) mass is 1760 g/mol. The van der Waals surface area contributed by atoms with Crippen LogP contribution in [0.15, 0.2) is 45.0 Å². The van der Waals surface area contributed by atoms with Crippen molar-refractivity contribution < 1.29 is 75.8 Å². The molecule has 0 radical (unpaired) electrons. The van der Waals surface area contributed by atoms with Crippen LogP contribution in [-0.2, 0) is 51.7 Å². The molecule has 3 N–H and O–H groups in total. The number of esters is 2. The van der Waals surface area contributed by atoms with Gasteiger partial charge in [-0.1, -0.05) is 310 Å². The molecular weight excluding hydrogens is 1610 g/mol. The lowest BCUT2D eigenvalue weighted by Crippen LogP contribution is -2.33. The van der Waals surface area contributed by atoms with Gasteiger partial charge in [0.15, 0.2) is 11.5 Å². The van der Waals surface area contributed by atoms with Crippen LogP contribution in [0.4, 0.5) is 5.82 Å². The first kappa shape index (κ1) is 107. The third-order valence-corrected chi connectivity index (χ3v) is 26.8. The van der Waals surface area contributed by atoms with E-state index < -0.39 is 91.7 Å². The molecule has 0 bridgehead atoms. The molecule has 123 heavy (non-hydrogen) atoms. The summed E-state index contributed by atoms with van der Waals surface area (Å²) in [5.74, 6) is -1.40. The molecule has 3 aromatic rings. The van der Waals surface area contributed by atoms with Crippen LogP contribution < -0.4 is 36.5 Å². The number of aryl methyl sites for hydroxylation is 1. The summed E-state index contributed by atoms with van der Waals surface area (Å²) in [6.45, 7) is 12.6. The Morgan fingerprint density at radius 1 is 0.585 bits per heavy atom. The highest BCUT2D eigenvalue weighted by molar-refractivity contribution is 8.55. The molecule has 2 aliphatic rings. The molecule has 0 aliphatic carbocycles. The average molecular weight is 1770 g/mol. The molecule has 2 aromatic heterocycles. The fourth-order valence-electron chi connectivity index (χ4n) is 15.6. The van der Waals surface area contributed by atoms with Crippen LogP contribution in [0, 0.1) is 13.5 Å². The van der Waals surface area contributed by atoms with Crippen LogP contribution in [-0.4, -0.2) is 149 Å². The van der Waals surface area contributed by atoms with Crippen molar-refractivity contribution in [1.82, 2.24) is 24.0 Å². The molecule has 1 aromatic carbocycles. The Balaban J connectivity index is 1.19. The highest BCUT2D eigenvalue weighted by Gasteiger charge is 2.45. The molecule has 28 heteroatoms. The maximum absolute atomic E-state index is 14.6. The Kier molecular flexibility index (Phi) is 58.3. The van der Waals surface area contributed by atoms with E-state index in [9.17, 15) is 48.0 Å². The second kappa shape index (κ2) is 66.9. The summed E-state index contributed by atoms with van der Waals surface area (Å²) >= 11 is 0.692. The van der Waals surface area contributed by atoms with E-state index in [4.69, 9.17) is 48.8 Å². The van der Waals surface area contributed by atoms with E-state index in [0.717, 1.165) is 66.9 Å². The van der Waals surface area contributed by atoms with E-state index in [2.05, 4.69) is 40.9 Å². The van der Waals surface area contributed by atoms with Gasteiger partial charge in [-0.25, -0.2) is 20.7 Å². The summed E-state index contributed by atoms with van der Waals surface area (Å²) in [5.41, 5.74) is -1.70. The van der Waals surface area contributed by atoms with Gasteiger partial charge in [0.1, 0.15) is 55.1 Å². The molecule has 0 saturated carbocycles. The van der Waals surface area contributed by atoms with E-state index in [0.29, 0.717) is 54.0 Å². The van der Waals surface area contributed by atoms with Crippen LogP contribution in [0.3, 0.4) is 0 Å². The molecule has 7 atom stereocenters. The van der Waals surface area contributed by atoms with Crippen molar-refractivity contribution in [3.63, 3.8) is 0 Å². The number of ether oxygens (including phenoxy) is 7. The van der Waals surface area contributed by atoms with Crippen LogP contribution in [0.2, 0.25) is 0 Å². The van der Waals surface area contributed by atoms with E-state index in [1.54, 1.807) is 19.2 Å². The summed E-state index contributed by atoms with van der Waals surface area (Å²) in [4.78, 5) is 116. The molecule has 5 rings (SSSR count). The van der Waals surface area contributed by atoms with Crippen LogP contribution in [0.25, 0.3) is 4.85 Å². The minimum absolute atomic E-state index is 0.0194. The Morgan fingerprint density at radius 3 is 1.46 bits per heavy atom. The average Bonchev–Trinajstić information content (AvgIpc) is 1.55. The second-order valence-corrected chi connectivity index (χ2v) is 38.1. The maximum atomic E-state index is 14.6. The number of ketones is 1. The number of H-pyrrole nitrogens is 1. The molecule has 698 valence electrons. The van der Waals surface area contributed by atoms with Gasteiger partial charge < -0.3 is 58.1 Å². The first-order valence-electron chi connectivity index (χ1n) is 48.0. The smallest absolute Gasteiger partial charge is 0.389 e. The zero-order valence-corrected chi connectivity index (χ0v) is 78.0. The fourth-order valence-corrected chi connectivity index (χ4v) is 18.9. The normalized spacial score (nSPS) is 16.8. The first-order valence-corrected chi connectivity index (χ1v) is 51.2.